The van der Waals surface area contributed by atoms with Gasteiger partial charge in [-0.3, -0.25) is 9.89 Å². The van der Waals surface area contributed by atoms with Gasteiger partial charge in [-0.1, -0.05) is 32.6 Å². The van der Waals surface area contributed by atoms with E-state index in [1.54, 1.807) is 24.0 Å². The predicted molar refractivity (Wildman–Crippen MR) is 86.9 cm³/mol. The molecule has 0 amide bonds. The van der Waals surface area contributed by atoms with E-state index in [0.717, 1.165) is 18.4 Å². The summed E-state index contributed by atoms with van der Waals surface area (Å²) in [5.41, 5.74) is 1.43. The molecule has 0 atom stereocenters. The van der Waals surface area contributed by atoms with Gasteiger partial charge in [0.25, 0.3) is 0 Å². The lowest BCUT2D eigenvalue weighted by Gasteiger charge is -2.04. The van der Waals surface area contributed by atoms with E-state index in [1.165, 1.54) is 25.7 Å². The third kappa shape index (κ3) is 3.69. The van der Waals surface area contributed by atoms with Gasteiger partial charge in [0.15, 0.2) is 16.0 Å². The molecule has 6 heteroatoms. The molecule has 2 aromatic heterocycles. The fourth-order valence-electron chi connectivity index (χ4n) is 2.39. The molecule has 0 aliphatic rings. The van der Waals surface area contributed by atoms with Gasteiger partial charge >= 0.3 is 0 Å². The molecule has 0 aliphatic carbocycles. The van der Waals surface area contributed by atoms with Crippen molar-refractivity contribution in [1.29, 1.82) is 0 Å². The summed E-state index contributed by atoms with van der Waals surface area (Å²) >= 11 is 5.09. The molecule has 0 aliphatic heterocycles. The van der Waals surface area contributed by atoms with Crippen LogP contribution in [0.4, 0.5) is 0 Å². The predicted octanol–water partition coefficient (Wildman–Crippen LogP) is 3.35. The lowest BCUT2D eigenvalue weighted by molar-refractivity contribution is 0.631. The van der Waals surface area contributed by atoms with Crippen LogP contribution < -0.4 is 5.43 Å². The number of H-pyrrole nitrogens is 2. The van der Waals surface area contributed by atoms with Gasteiger partial charge in [0.1, 0.15) is 0 Å². The van der Waals surface area contributed by atoms with Crippen LogP contribution in [0, 0.1) is 4.77 Å². The van der Waals surface area contributed by atoms with Crippen LogP contribution in [0.15, 0.2) is 17.2 Å². The number of hydrogen-bond acceptors (Lipinski definition) is 3. The first-order valence-corrected chi connectivity index (χ1v) is 7.87. The monoisotopic (exact) mass is 306 g/mol. The zero-order chi connectivity index (χ0) is 15.2. The Kier molecular flexibility index (Phi) is 5.50. The van der Waals surface area contributed by atoms with Gasteiger partial charge < -0.3 is 9.55 Å². The summed E-state index contributed by atoms with van der Waals surface area (Å²) in [5, 5.41) is 6.85. The molecule has 0 aromatic carbocycles. The van der Waals surface area contributed by atoms with E-state index in [2.05, 4.69) is 22.1 Å². The molecular weight excluding hydrogens is 284 g/mol. The van der Waals surface area contributed by atoms with E-state index in [4.69, 9.17) is 12.2 Å². The van der Waals surface area contributed by atoms with E-state index < -0.39 is 0 Å². The molecule has 0 unspecified atom stereocenters. The summed E-state index contributed by atoms with van der Waals surface area (Å²) in [6, 6.07) is 0. The average Bonchev–Trinajstić information content (AvgIpc) is 2.81. The third-order valence-electron chi connectivity index (χ3n) is 3.69. The quantitative estimate of drug-likeness (QED) is 0.609. The lowest BCUT2D eigenvalue weighted by Crippen LogP contribution is -2.14. The molecule has 2 heterocycles. The Hall–Kier alpha value is -1.69. The summed E-state index contributed by atoms with van der Waals surface area (Å²) in [4.78, 5) is 15.6. The Morgan fingerprint density at radius 1 is 1.24 bits per heavy atom. The normalized spacial score (nSPS) is 11.0. The number of nitrogens with one attached hydrogen (secondary N) is 2. The SMILES string of the molecule is CCCCCCCc1c[nH]cc(-c2n[nH]c(=S)n2C)c1=O. The summed E-state index contributed by atoms with van der Waals surface area (Å²) in [6.07, 6.45) is 10.2. The Morgan fingerprint density at radius 2 is 2.00 bits per heavy atom. The molecule has 114 valence electrons. The Morgan fingerprint density at radius 3 is 2.67 bits per heavy atom. The maximum absolute atomic E-state index is 12.5. The number of aromatic nitrogens is 4. The minimum absolute atomic E-state index is 0.0429. The third-order valence-corrected chi connectivity index (χ3v) is 4.06. The number of pyridine rings is 1. The molecule has 2 aromatic rings. The second-order valence-electron chi connectivity index (χ2n) is 5.30. The number of unbranched alkanes of at least 4 members (excludes halogenated alkanes) is 4. The Balaban J connectivity index is 2.15. The van der Waals surface area contributed by atoms with Crippen LogP contribution in [-0.4, -0.2) is 19.7 Å². The number of aromatic amines is 2. The van der Waals surface area contributed by atoms with Crippen molar-refractivity contribution in [1.82, 2.24) is 19.7 Å². The minimum atomic E-state index is 0.0429. The first kappa shape index (κ1) is 15.7. The molecule has 0 saturated carbocycles. The molecule has 0 radical (unpaired) electrons. The van der Waals surface area contributed by atoms with Crippen LogP contribution in [0.5, 0.6) is 0 Å². The maximum Gasteiger partial charge on any atom is 0.195 e. The molecule has 0 spiro atoms. The van der Waals surface area contributed by atoms with Crippen LogP contribution in [0.25, 0.3) is 11.4 Å². The highest BCUT2D eigenvalue weighted by atomic mass is 32.1. The fourth-order valence-corrected chi connectivity index (χ4v) is 2.52. The van der Waals surface area contributed by atoms with E-state index >= 15 is 0 Å². The van der Waals surface area contributed by atoms with Gasteiger partial charge in [0.05, 0.1) is 5.56 Å². The molecule has 5 nitrogen and oxygen atoms in total. The molecule has 2 rings (SSSR count). The number of hydrogen-bond donors (Lipinski definition) is 2. The molecule has 0 bridgehead atoms. The highest BCUT2D eigenvalue weighted by Crippen LogP contribution is 2.12. The van der Waals surface area contributed by atoms with Crippen molar-refractivity contribution < 1.29 is 0 Å². The molecule has 0 fully saturated rings. The number of aryl methyl sites for hydroxylation is 1. The van der Waals surface area contributed by atoms with Crippen LogP contribution in [0.2, 0.25) is 0 Å². The van der Waals surface area contributed by atoms with Crippen molar-refractivity contribution in [2.75, 3.05) is 0 Å². The maximum atomic E-state index is 12.5. The average molecular weight is 306 g/mol. The standard InChI is InChI=1S/C15H22N4OS/c1-3-4-5-6-7-8-11-9-16-10-12(13(11)20)14-17-18-15(21)19(14)2/h9-10H,3-8H2,1-2H3,(H,16,20)(H,18,21). The van der Waals surface area contributed by atoms with E-state index in [-0.39, 0.29) is 5.43 Å². The van der Waals surface area contributed by atoms with Crippen molar-refractivity contribution in [2.45, 2.75) is 45.4 Å². The highest BCUT2D eigenvalue weighted by Gasteiger charge is 2.12. The lowest BCUT2D eigenvalue weighted by atomic mass is 10.0. The summed E-state index contributed by atoms with van der Waals surface area (Å²) in [5.74, 6) is 0.578. The Bertz CT molecular complexity index is 698. The van der Waals surface area contributed by atoms with Gasteiger partial charge in [0, 0.05) is 25.0 Å². The summed E-state index contributed by atoms with van der Waals surface area (Å²) in [7, 11) is 1.80. The molecular formula is C15H22N4OS. The second-order valence-corrected chi connectivity index (χ2v) is 5.69. The molecule has 2 N–H and O–H groups in total. The zero-order valence-electron chi connectivity index (χ0n) is 12.6. The minimum Gasteiger partial charge on any atom is -0.366 e. The van der Waals surface area contributed by atoms with Crippen molar-refractivity contribution in [3.63, 3.8) is 0 Å². The fraction of sp³-hybridized carbons (Fsp3) is 0.533. The highest BCUT2D eigenvalue weighted by molar-refractivity contribution is 7.71. The van der Waals surface area contributed by atoms with Gasteiger partial charge in [-0.15, -0.1) is 0 Å². The van der Waals surface area contributed by atoms with Crippen molar-refractivity contribution in [3.8, 4) is 11.4 Å². The molecule has 0 saturated heterocycles. The van der Waals surface area contributed by atoms with Crippen molar-refractivity contribution in [3.05, 3.63) is 33.0 Å². The smallest absolute Gasteiger partial charge is 0.195 e. The van der Waals surface area contributed by atoms with E-state index in [1.807, 2.05) is 0 Å². The van der Waals surface area contributed by atoms with Crippen LogP contribution in [-0.2, 0) is 13.5 Å². The van der Waals surface area contributed by atoms with Crippen LogP contribution >= 0.6 is 12.2 Å². The topological polar surface area (TPSA) is 66.5 Å². The van der Waals surface area contributed by atoms with Crippen LogP contribution in [0.1, 0.15) is 44.6 Å². The first-order chi connectivity index (χ1) is 10.1. The van der Waals surface area contributed by atoms with Crippen molar-refractivity contribution >= 4 is 12.2 Å². The largest absolute Gasteiger partial charge is 0.366 e. The van der Waals surface area contributed by atoms with E-state index in [9.17, 15) is 4.79 Å². The number of rotatable bonds is 7. The first-order valence-electron chi connectivity index (χ1n) is 7.47. The summed E-state index contributed by atoms with van der Waals surface area (Å²) < 4.78 is 2.22. The summed E-state index contributed by atoms with van der Waals surface area (Å²) in [6.45, 7) is 2.20. The van der Waals surface area contributed by atoms with Gasteiger partial charge in [-0.2, -0.15) is 5.10 Å². The van der Waals surface area contributed by atoms with Gasteiger partial charge in [-0.25, -0.2) is 0 Å². The number of nitrogens with zero attached hydrogens (tertiary/aromatic N) is 2. The van der Waals surface area contributed by atoms with Gasteiger partial charge in [-0.05, 0) is 25.1 Å². The van der Waals surface area contributed by atoms with Gasteiger partial charge in [0.2, 0.25) is 0 Å². The van der Waals surface area contributed by atoms with E-state index in [0.29, 0.717) is 16.2 Å². The Labute approximate surface area is 129 Å². The van der Waals surface area contributed by atoms with Crippen LogP contribution in [0.3, 0.4) is 0 Å². The molecule has 21 heavy (non-hydrogen) atoms. The second kappa shape index (κ2) is 7.36. The zero-order valence-corrected chi connectivity index (χ0v) is 13.4. The van der Waals surface area contributed by atoms with Crippen molar-refractivity contribution in [2.24, 2.45) is 7.05 Å².